The van der Waals surface area contributed by atoms with Gasteiger partial charge in [0.25, 0.3) is 5.91 Å². The van der Waals surface area contributed by atoms with Crippen LogP contribution in [0, 0.1) is 0 Å². The van der Waals surface area contributed by atoms with Gasteiger partial charge in [-0.3, -0.25) is 9.78 Å². The highest BCUT2D eigenvalue weighted by atomic mass is 35.5. The average molecular weight is 277 g/mol. The maximum absolute atomic E-state index is 12.0. The molecule has 1 amide bonds. The summed E-state index contributed by atoms with van der Waals surface area (Å²) in [6.45, 7) is 2.67. The third-order valence-corrected chi connectivity index (χ3v) is 2.58. The van der Waals surface area contributed by atoms with Crippen molar-refractivity contribution in [3.63, 3.8) is 0 Å². The lowest BCUT2D eigenvalue weighted by Gasteiger charge is -2.06. The molecule has 0 saturated carbocycles. The van der Waals surface area contributed by atoms with E-state index in [0.29, 0.717) is 16.5 Å². The van der Waals surface area contributed by atoms with Crippen LogP contribution in [-0.2, 0) is 0 Å². The lowest BCUT2D eigenvalue weighted by molar-refractivity contribution is 0.102. The molecule has 1 aromatic carbocycles. The van der Waals surface area contributed by atoms with Gasteiger partial charge < -0.3 is 10.6 Å². The Morgan fingerprint density at radius 1 is 1.26 bits per heavy atom. The number of nitrogens with one attached hydrogen (secondary N) is 2. The molecule has 1 aromatic heterocycles. The first kappa shape index (κ1) is 13.3. The minimum Gasteiger partial charge on any atom is -0.369 e. The molecule has 0 unspecified atom stereocenters. The highest BCUT2D eigenvalue weighted by Gasteiger charge is 2.09. The third-order valence-electron chi connectivity index (χ3n) is 2.33. The summed E-state index contributed by atoms with van der Waals surface area (Å²) in [4.78, 5) is 20.1. The van der Waals surface area contributed by atoms with Crippen LogP contribution in [0.2, 0.25) is 5.02 Å². The Labute approximate surface area is 116 Å². The van der Waals surface area contributed by atoms with Crippen molar-refractivity contribution in [1.82, 2.24) is 9.97 Å². The van der Waals surface area contributed by atoms with Crippen LogP contribution in [0.25, 0.3) is 0 Å². The van der Waals surface area contributed by atoms with Gasteiger partial charge in [-0.25, -0.2) is 4.98 Å². The number of anilines is 2. The van der Waals surface area contributed by atoms with Crippen LogP contribution in [0.15, 0.2) is 36.7 Å². The smallest absolute Gasteiger partial charge is 0.275 e. The molecule has 6 heteroatoms. The van der Waals surface area contributed by atoms with E-state index in [-0.39, 0.29) is 11.6 Å². The van der Waals surface area contributed by atoms with Crippen molar-refractivity contribution in [3.05, 3.63) is 47.4 Å². The monoisotopic (exact) mass is 276 g/mol. The number of carbonyl (C=O) groups is 1. The average Bonchev–Trinajstić information content (AvgIpc) is 2.42. The molecule has 0 aliphatic carbocycles. The Morgan fingerprint density at radius 2 is 2.00 bits per heavy atom. The Kier molecular flexibility index (Phi) is 4.30. The number of nitrogens with zero attached hydrogens (tertiary/aromatic N) is 2. The summed E-state index contributed by atoms with van der Waals surface area (Å²) < 4.78 is 0. The Morgan fingerprint density at radius 3 is 2.68 bits per heavy atom. The highest BCUT2D eigenvalue weighted by Crippen LogP contribution is 2.14. The Balaban J connectivity index is 2.11. The van der Waals surface area contributed by atoms with Crippen LogP contribution < -0.4 is 10.6 Å². The van der Waals surface area contributed by atoms with E-state index >= 15 is 0 Å². The molecule has 98 valence electrons. The maximum atomic E-state index is 12.0. The molecule has 2 N–H and O–H groups in total. The SMILES string of the molecule is CCNc1cncc(C(=O)Nc2ccc(Cl)cc2)n1. The zero-order chi connectivity index (χ0) is 13.7. The molecule has 0 saturated heterocycles. The number of rotatable bonds is 4. The molecule has 0 fully saturated rings. The standard InChI is InChI=1S/C13H13ClN4O/c1-2-16-12-8-15-7-11(18-12)13(19)17-10-5-3-9(14)4-6-10/h3-8H,2H2,1H3,(H,16,18)(H,17,19). The van der Waals surface area contributed by atoms with Gasteiger partial charge >= 0.3 is 0 Å². The van der Waals surface area contributed by atoms with Crippen LogP contribution in [0.3, 0.4) is 0 Å². The maximum Gasteiger partial charge on any atom is 0.275 e. The van der Waals surface area contributed by atoms with Gasteiger partial charge in [0, 0.05) is 17.3 Å². The molecule has 0 bridgehead atoms. The van der Waals surface area contributed by atoms with E-state index in [0.717, 1.165) is 6.54 Å². The van der Waals surface area contributed by atoms with Gasteiger partial charge in [0.05, 0.1) is 12.4 Å². The first-order valence-electron chi connectivity index (χ1n) is 5.82. The second kappa shape index (κ2) is 6.15. The summed E-state index contributed by atoms with van der Waals surface area (Å²) in [7, 11) is 0. The topological polar surface area (TPSA) is 66.9 Å². The molecular weight excluding hydrogens is 264 g/mol. The van der Waals surface area contributed by atoms with Gasteiger partial charge in [0.2, 0.25) is 0 Å². The fourth-order valence-corrected chi connectivity index (χ4v) is 1.60. The second-order valence-corrected chi connectivity index (χ2v) is 4.22. The normalized spacial score (nSPS) is 10.0. The lowest BCUT2D eigenvalue weighted by atomic mass is 10.3. The second-order valence-electron chi connectivity index (χ2n) is 3.78. The molecule has 0 atom stereocenters. The first-order chi connectivity index (χ1) is 9.19. The molecule has 2 aromatic rings. The van der Waals surface area contributed by atoms with Crippen molar-refractivity contribution in [2.45, 2.75) is 6.92 Å². The van der Waals surface area contributed by atoms with Crippen molar-refractivity contribution in [1.29, 1.82) is 0 Å². The fraction of sp³-hybridized carbons (Fsp3) is 0.154. The van der Waals surface area contributed by atoms with Gasteiger partial charge in [0.1, 0.15) is 11.5 Å². The van der Waals surface area contributed by atoms with E-state index < -0.39 is 0 Å². The molecule has 0 radical (unpaired) electrons. The quantitative estimate of drug-likeness (QED) is 0.901. The molecule has 0 aliphatic heterocycles. The van der Waals surface area contributed by atoms with E-state index in [1.807, 2.05) is 6.92 Å². The van der Waals surface area contributed by atoms with Crippen LogP contribution in [0.5, 0.6) is 0 Å². The van der Waals surface area contributed by atoms with E-state index in [1.54, 1.807) is 30.5 Å². The highest BCUT2D eigenvalue weighted by molar-refractivity contribution is 6.30. The first-order valence-corrected chi connectivity index (χ1v) is 6.19. The number of carbonyl (C=O) groups excluding carboxylic acids is 1. The van der Waals surface area contributed by atoms with Gasteiger partial charge in [-0.15, -0.1) is 0 Å². The lowest BCUT2D eigenvalue weighted by Crippen LogP contribution is -2.15. The van der Waals surface area contributed by atoms with Gasteiger partial charge in [-0.05, 0) is 31.2 Å². The van der Waals surface area contributed by atoms with Crippen LogP contribution >= 0.6 is 11.6 Å². The Hall–Kier alpha value is -2.14. The molecular formula is C13H13ClN4O. The molecule has 19 heavy (non-hydrogen) atoms. The van der Waals surface area contributed by atoms with Gasteiger partial charge in [-0.1, -0.05) is 11.6 Å². The predicted octanol–water partition coefficient (Wildman–Crippen LogP) is 2.81. The summed E-state index contributed by atoms with van der Waals surface area (Å²) in [6, 6.07) is 6.86. The largest absolute Gasteiger partial charge is 0.369 e. The predicted molar refractivity (Wildman–Crippen MR) is 75.6 cm³/mol. The van der Waals surface area contributed by atoms with Crippen molar-refractivity contribution in [2.75, 3.05) is 17.2 Å². The van der Waals surface area contributed by atoms with E-state index in [4.69, 9.17) is 11.6 Å². The van der Waals surface area contributed by atoms with E-state index in [9.17, 15) is 4.79 Å². The molecule has 0 aliphatic rings. The number of aromatic nitrogens is 2. The summed E-state index contributed by atoms with van der Waals surface area (Å²) in [5.41, 5.74) is 0.915. The minimum absolute atomic E-state index is 0.258. The van der Waals surface area contributed by atoms with Crippen molar-refractivity contribution in [3.8, 4) is 0 Å². The molecule has 0 spiro atoms. The van der Waals surface area contributed by atoms with Gasteiger partial charge in [-0.2, -0.15) is 0 Å². The van der Waals surface area contributed by atoms with Crippen molar-refractivity contribution < 1.29 is 4.79 Å². The molecule has 5 nitrogen and oxygen atoms in total. The number of hydrogen-bond acceptors (Lipinski definition) is 4. The van der Waals surface area contributed by atoms with Crippen LogP contribution in [0.4, 0.5) is 11.5 Å². The minimum atomic E-state index is -0.311. The number of benzene rings is 1. The summed E-state index contributed by atoms with van der Waals surface area (Å²) in [5, 5.41) is 6.35. The summed E-state index contributed by atoms with van der Waals surface area (Å²) >= 11 is 5.78. The van der Waals surface area contributed by atoms with Crippen LogP contribution in [-0.4, -0.2) is 22.4 Å². The van der Waals surface area contributed by atoms with E-state index in [1.165, 1.54) is 6.20 Å². The van der Waals surface area contributed by atoms with Gasteiger partial charge in [0.15, 0.2) is 0 Å². The summed E-state index contributed by atoms with van der Waals surface area (Å²) in [5.74, 6) is 0.265. The zero-order valence-corrected chi connectivity index (χ0v) is 11.1. The van der Waals surface area contributed by atoms with E-state index in [2.05, 4.69) is 20.6 Å². The van der Waals surface area contributed by atoms with Crippen molar-refractivity contribution >= 4 is 29.0 Å². The Bertz CT molecular complexity index is 571. The number of halogens is 1. The zero-order valence-electron chi connectivity index (χ0n) is 10.4. The third kappa shape index (κ3) is 3.66. The number of amides is 1. The fourth-order valence-electron chi connectivity index (χ4n) is 1.47. The van der Waals surface area contributed by atoms with Crippen LogP contribution in [0.1, 0.15) is 17.4 Å². The number of hydrogen-bond donors (Lipinski definition) is 2. The van der Waals surface area contributed by atoms with Crippen molar-refractivity contribution in [2.24, 2.45) is 0 Å². The summed E-state index contributed by atoms with van der Waals surface area (Å²) in [6.07, 6.45) is 2.99. The molecule has 1 heterocycles. The molecule has 2 rings (SSSR count).